The molecule has 1 aliphatic rings. The molecule has 0 spiro atoms. The van der Waals surface area contributed by atoms with Gasteiger partial charge in [0.15, 0.2) is 0 Å². The number of ether oxygens (including phenoxy) is 1. The van der Waals surface area contributed by atoms with E-state index in [2.05, 4.69) is 4.72 Å². The highest BCUT2D eigenvalue weighted by molar-refractivity contribution is 7.89. The molecule has 1 heterocycles. The van der Waals surface area contributed by atoms with E-state index in [1.807, 2.05) is 6.07 Å². The van der Waals surface area contributed by atoms with Gasteiger partial charge in [-0.2, -0.15) is 5.26 Å². The van der Waals surface area contributed by atoms with Crippen LogP contribution in [0.5, 0.6) is 0 Å². The van der Waals surface area contributed by atoms with Gasteiger partial charge in [0.2, 0.25) is 20.0 Å². The molecule has 0 aromatic heterocycles. The van der Waals surface area contributed by atoms with E-state index in [0.717, 1.165) is 6.26 Å². The van der Waals surface area contributed by atoms with Crippen LogP contribution in [0.4, 0.5) is 0 Å². The summed E-state index contributed by atoms with van der Waals surface area (Å²) < 4.78 is 58.2. The Hall–Kier alpha value is -1.51. The van der Waals surface area contributed by atoms with Gasteiger partial charge in [-0.05, 0) is 43.5 Å². The maximum atomic E-state index is 12.8. The van der Waals surface area contributed by atoms with Crippen LogP contribution in [-0.2, 0) is 24.8 Å². The summed E-state index contributed by atoms with van der Waals surface area (Å²) in [4.78, 5) is 0.0684. The number of benzene rings is 1. The highest BCUT2D eigenvalue weighted by Crippen LogP contribution is 2.29. The highest BCUT2D eigenvalue weighted by Gasteiger charge is 2.40. The zero-order valence-corrected chi connectivity index (χ0v) is 16.4. The van der Waals surface area contributed by atoms with Crippen LogP contribution >= 0.6 is 0 Å². The second kappa shape index (κ2) is 8.02. The van der Waals surface area contributed by atoms with E-state index in [1.54, 1.807) is 0 Å². The monoisotopic (exact) mass is 401 g/mol. The normalized spacial score (nSPS) is 18.3. The van der Waals surface area contributed by atoms with Gasteiger partial charge >= 0.3 is 0 Å². The molecular formula is C16H23N3O5S2. The standard InChI is InChI=1S/C16H23N3O5S2/c1-24-12-9-16(7-10-19(11-8-16)25(2,20)21)18-26(22,23)15-5-3-14(13-17)4-6-15/h3-6,18H,7-12H2,1-2H3. The molecule has 0 atom stereocenters. The lowest BCUT2D eigenvalue weighted by molar-refractivity contribution is 0.132. The van der Waals surface area contributed by atoms with Gasteiger partial charge in [0.05, 0.1) is 22.8 Å². The number of sulfonamides is 2. The van der Waals surface area contributed by atoms with Crippen LogP contribution in [-0.4, -0.2) is 59.7 Å². The molecule has 8 nitrogen and oxygen atoms in total. The Labute approximate surface area is 154 Å². The van der Waals surface area contributed by atoms with Crippen molar-refractivity contribution in [2.45, 2.75) is 29.7 Å². The topological polar surface area (TPSA) is 117 Å². The zero-order valence-electron chi connectivity index (χ0n) is 14.8. The van der Waals surface area contributed by atoms with E-state index < -0.39 is 25.6 Å². The minimum absolute atomic E-state index is 0.0684. The minimum atomic E-state index is -3.81. The molecule has 1 aliphatic heterocycles. The molecule has 2 rings (SSSR count). The summed E-state index contributed by atoms with van der Waals surface area (Å²) in [5.74, 6) is 0. The number of methoxy groups -OCH3 is 1. The number of hydrogen-bond acceptors (Lipinski definition) is 6. The average Bonchev–Trinajstić information content (AvgIpc) is 2.59. The van der Waals surface area contributed by atoms with Crippen LogP contribution < -0.4 is 4.72 Å². The lowest BCUT2D eigenvalue weighted by Gasteiger charge is -2.41. The van der Waals surface area contributed by atoms with Gasteiger partial charge in [-0.25, -0.2) is 25.9 Å². The van der Waals surface area contributed by atoms with Crippen LogP contribution in [0, 0.1) is 11.3 Å². The lowest BCUT2D eigenvalue weighted by atomic mass is 9.86. The van der Waals surface area contributed by atoms with Crippen molar-refractivity contribution < 1.29 is 21.6 Å². The number of hydrogen-bond donors (Lipinski definition) is 1. The van der Waals surface area contributed by atoms with Crippen LogP contribution in [0.15, 0.2) is 29.2 Å². The minimum Gasteiger partial charge on any atom is -0.385 e. The third kappa shape index (κ3) is 5.02. The van der Waals surface area contributed by atoms with Crippen molar-refractivity contribution in [1.82, 2.24) is 9.03 Å². The van der Waals surface area contributed by atoms with Gasteiger partial charge in [-0.3, -0.25) is 0 Å². The van der Waals surface area contributed by atoms with Crippen molar-refractivity contribution in [1.29, 1.82) is 5.26 Å². The zero-order chi connectivity index (χ0) is 19.4. The van der Waals surface area contributed by atoms with Crippen molar-refractivity contribution in [3.63, 3.8) is 0 Å². The molecule has 1 saturated heterocycles. The maximum Gasteiger partial charge on any atom is 0.241 e. The average molecular weight is 402 g/mol. The predicted octanol–water partition coefficient (Wildman–Crippen LogP) is 0.667. The van der Waals surface area contributed by atoms with Crippen molar-refractivity contribution in [2.75, 3.05) is 33.1 Å². The SMILES string of the molecule is COCCC1(NS(=O)(=O)c2ccc(C#N)cc2)CCN(S(C)(=O)=O)CC1. The largest absolute Gasteiger partial charge is 0.385 e. The molecule has 0 amide bonds. The summed E-state index contributed by atoms with van der Waals surface area (Å²) >= 11 is 0. The molecule has 10 heteroatoms. The Bertz CT molecular complexity index is 865. The van der Waals surface area contributed by atoms with Gasteiger partial charge in [-0.1, -0.05) is 0 Å². The number of nitriles is 1. The molecule has 26 heavy (non-hydrogen) atoms. The predicted molar refractivity (Wildman–Crippen MR) is 96.4 cm³/mol. The molecular weight excluding hydrogens is 378 g/mol. The van der Waals surface area contributed by atoms with Crippen molar-refractivity contribution >= 4 is 20.0 Å². The van der Waals surface area contributed by atoms with Gasteiger partial charge in [0.25, 0.3) is 0 Å². The van der Waals surface area contributed by atoms with Crippen molar-refractivity contribution in [2.24, 2.45) is 0 Å². The molecule has 1 N–H and O–H groups in total. The Balaban J connectivity index is 2.23. The first-order chi connectivity index (χ1) is 12.1. The molecule has 1 fully saturated rings. The number of piperidine rings is 1. The molecule has 0 radical (unpaired) electrons. The quantitative estimate of drug-likeness (QED) is 0.718. The summed E-state index contributed by atoms with van der Waals surface area (Å²) in [5.41, 5.74) is -0.399. The molecule has 144 valence electrons. The van der Waals surface area contributed by atoms with Gasteiger partial charge < -0.3 is 4.74 Å². The number of nitrogens with one attached hydrogen (secondary N) is 1. The molecule has 0 bridgehead atoms. The van der Waals surface area contributed by atoms with Crippen LogP contribution in [0.3, 0.4) is 0 Å². The third-order valence-corrected chi connectivity index (χ3v) is 7.48. The van der Waals surface area contributed by atoms with Gasteiger partial charge in [0, 0.05) is 32.3 Å². The summed E-state index contributed by atoms with van der Waals surface area (Å²) in [6.45, 7) is 0.853. The fraction of sp³-hybridized carbons (Fsp3) is 0.562. The number of nitrogens with zero attached hydrogens (tertiary/aromatic N) is 2. The molecule has 1 aromatic rings. The Morgan fingerprint density at radius 1 is 1.19 bits per heavy atom. The first-order valence-corrected chi connectivity index (χ1v) is 11.4. The Morgan fingerprint density at radius 2 is 1.77 bits per heavy atom. The van der Waals surface area contributed by atoms with E-state index in [1.165, 1.54) is 35.7 Å². The van der Waals surface area contributed by atoms with E-state index in [0.29, 0.717) is 31.4 Å². The van der Waals surface area contributed by atoms with E-state index in [-0.39, 0.29) is 18.0 Å². The van der Waals surface area contributed by atoms with Crippen LogP contribution in [0.1, 0.15) is 24.8 Å². The van der Waals surface area contributed by atoms with Gasteiger partial charge in [-0.15, -0.1) is 0 Å². The first-order valence-electron chi connectivity index (χ1n) is 8.10. The fourth-order valence-electron chi connectivity index (χ4n) is 3.00. The second-order valence-corrected chi connectivity index (χ2v) is 10.1. The number of rotatable bonds is 7. The van der Waals surface area contributed by atoms with Crippen LogP contribution in [0.2, 0.25) is 0 Å². The molecule has 1 aromatic carbocycles. The molecule has 0 unspecified atom stereocenters. The van der Waals surface area contributed by atoms with Crippen molar-refractivity contribution in [3.8, 4) is 6.07 Å². The Morgan fingerprint density at radius 3 is 2.23 bits per heavy atom. The first kappa shape index (κ1) is 20.8. The van der Waals surface area contributed by atoms with Gasteiger partial charge in [0.1, 0.15) is 0 Å². The van der Waals surface area contributed by atoms with E-state index in [9.17, 15) is 16.8 Å². The second-order valence-electron chi connectivity index (χ2n) is 6.43. The van der Waals surface area contributed by atoms with Crippen molar-refractivity contribution in [3.05, 3.63) is 29.8 Å². The lowest BCUT2D eigenvalue weighted by Crippen LogP contribution is -2.56. The molecule has 0 saturated carbocycles. The highest BCUT2D eigenvalue weighted by atomic mass is 32.2. The smallest absolute Gasteiger partial charge is 0.241 e. The third-order valence-electron chi connectivity index (χ3n) is 4.58. The fourth-order valence-corrected chi connectivity index (χ4v) is 5.33. The van der Waals surface area contributed by atoms with E-state index in [4.69, 9.17) is 10.00 Å². The molecule has 0 aliphatic carbocycles. The summed E-state index contributed by atoms with van der Waals surface area (Å²) in [5, 5.41) is 8.84. The van der Waals surface area contributed by atoms with E-state index >= 15 is 0 Å². The van der Waals surface area contributed by atoms with Crippen LogP contribution in [0.25, 0.3) is 0 Å². The summed E-state index contributed by atoms with van der Waals surface area (Å²) in [7, 11) is -5.58. The summed E-state index contributed by atoms with van der Waals surface area (Å²) in [6, 6.07) is 7.61. The Kier molecular flexibility index (Phi) is 6.42. The summed E-state index contributed by atoms with van der Waals surface area (Å²) in [6.07, 6.45) is 2.31. The maximum absolute atomic E-state index is 12.8.